The van der Waals surface area contributed by atoms with Crippen LogP contribution in [0.5, 0.6) is 0 Å². The molecule has 5 atom stereocenters. The number of fused-ring (bicyclic) bond motifs is 1. The molecule has 0 aromatic carbocycles. The average molecular weight is 425 g/mol. The molecular formula is C22H36N2O6. The van der Waals surface area contributed by atoms with E-state index in [-0.39, 0.29) is 37.0 Å². The van der Waals surface area contributed by atoms with E-state index in [0.717, 1.165) is 6.42 Å². The van der Waals surface area contributed by atoms with Gasteiger partial charge < -0.3 is 24.8 Å². The van der Waals surface area contributed by atoms with E-state index in [0.29, 0.717) is 12.8 Å². The third-order valence-electron chi connectivity index (χ3n) is 6.38. The number of carbonyl (C=O) groups is 3. The van der Waals surface area contributed by atoms with Gasteiger partial charge in [-0.3, -0.25) is 14.4 Å². The molecule has 0 radical (unpaired) electrons. The number of ether oxygens (including phenoxy) is 2. The van der Waals surface area contributed by atoms with E-state index in [1.54, 1.807) is 6.92 Å². The van der Waals surface area contributed by atoms with Gasteiger partial charge in [0.25, 0.3) is 0 Å². The van der Waals surface area contributed by atoms with E-state index >= 15 is 0 Å². The lowest BCUT2D eigenvalue weighted by molar-refractivity contribution is -0.154. The lowest BCUT2D eigenvalue weighted by Gasteiger charge is -2.38. The molecule has 3 saturated heterocycles. The molecule has 3 fully saturated rings. The smallest absolute Gasteiger partial charge is 0.312 e. The predicted octanol–water partition coefficient (Wildman–Crippen LogP) is 1.25. The number of amides is 2. The SMILES string of the molecule is CCOC(=O)[C@@H]1[C@@H]2CCC3(O2)C(C(=O)NC(C)(C)CC(C)(C)C)N(CCO)C(=O)[C@H]13. The van der Waals surface area contributed by atoms with Crippen molar-refractivity contribution < 1.29 is 29.0 Å². The van der Waals surface area contributed by atoms with Crippen LogP contribution in [0.1, 0.15) is 60.8 Å². The number of esters is 1. The van der Waals surface area contributed by atoms with Gasteiger partial charge in [0.05, 0.1) is 31.2 Å². The Labute approximate surface area is 178 Å². The zero-order valence-electron chi connectivity index (χ0n) is 19.0. The number of likely N-dealkylation sites (tertiary alicyclic amines) is 1. The van der Waals surface area contributed by atoms with E-state index in [1.807, 2.05) is 13.8 Å². The standard InChI is InChI=1S/C22H36N2O6/c1-7-29-19(28)14-13-8-9-22(30-13)15(14)18(27)24(10-11-25)16(22)17(26)23-21(5,6)12-20(2,3)4/h13-16,25H,7-12H2,1-6H3,(H,23,26)/t13-,14+,15-,16?,22?/m0/s1. The van der Waals surface area contributed by atoms with Crippen LogP contribution in [0.3, 0.4) is 0 Å². The molecule has 8 nitrogen and oxygen atoms in total. The second-order valence-corrected chi connectivity index (χ2v) is 10.7. The number of hydrogen-bond acceptors (Lipinski definition) is 6. The van der Waals surface area contributed by atoms with Crippen molar-refractivity contribution in [3.63, 3.8) is 0 Å². The number of nitrogens with one attached hydrogen (secondary N) is 1. The third-order valence-corrected chi connectivity index (χ3v) is 6.38. The lowest BCUT2D eigenvalue weighted by atomic mass is 9.70. The zero-order chi connectivity index (χ0) is 22.5. The summed E-state index contributed by atoms with van der Waals surface area (Å²) in [4.78, 5) is 40.9. The number of rotatable bonds is 7. The quantitative estimate of drug-likeness (QED) is 0.596. The first-order valence-electron chi connectivity index (χ1n) is 10.9. The molecule has 3 aliphatic rings. The Morgan fingerprint density at radius 3 is 2.53 bits per heavy atom. The normalized spacial score (nSPS) is 33.0. The molecule has 2 amide bonds. The zero-order valence-corrected chi connectivity index (χ0v) is 19.0. The maximum atomic E-state index is 13.5. The minimum absolute atomic E-state index is 0.00516. The Balaban J connectivity index is 1.92. The highest BCUT2D eigenvalue weighted by atomic mass is 16.6. The van der Waals surface area contributed by atoms with E-state index in [2.05, 4.69) is 26.1 Å². The van der Waals surface area contributed by atoms with Crippen molar-refractivity contribution in [2.24, 2.45) is 17.3 Å². The molecule has 30 heavy (non-hydrogen) atoms. The second-order valence-electron chi connectivity index (χ2n) is 10.7. The van der Waals surface area contributed by atoms with Crippen LogP contribution >= 0.6 is 0 Å². The van der Waals surface area contributed by atoms with Gasteiger partial charge in [0.1, 0.15) is 11.6 Å². The first kappa shape index (κ1) is 23.0. The molecule has 2 bridgehead atoms. The van der Waals surface area contributed by atoms with Gasteiger partial charge in [0, 0.05) is 12.1 Å². The summed E-state index contributed by atoms with van der Waals surface area (Å²) in [5, 5.41) is 12.7. The number of carbonyl (C=O) groups excluding carboxylic acids is 3. The number of β-amino-alcohol motifs (C(OH)–C–C–N with tert-alkyl or cyclic N) is 1. The first-order chi connectivity index (χ1) is 13.9. The van der Waals surface area contributed by atoms with Crippen molar-refractivity contribution in [2.75, 3.05) is 19.8 Å². The molecule has 3 aliphatic heterocycles. The summed E-state index contributed by atoms with van der Waals surface area (Å²) in [6, 6.07) is -0.870. The van der Waals surface area contributed by atoms with Gasteiger partial charge in [-0.05, 0) is 45.4 Å². The summed E-state index contributed by atoms with van der Waals surface area (Å²) in [6.45, 7) is 12.0. The van der Waals surface area contributed by atoms with Gasteiger partial charge in [-0.25, -0.2) is 0 Å². The molecule has 1 spiro atoms. The molecule has 0 aromatic heterocycles. The number of aliphatic hydroxyl groups is 1. The molecule has 170 valence electrons. The fraction of sp³-hybridized carbons (Fsp3) is 0.864. The van der Waals surface area contributed by atoms with Crippen LogP contribution < -0.4 is 5.32 Å². The van der Waals surface area contributed by atoms with Crippen LogP contribution in [0.25, 0.3) is 0 Å². The van der Waals surface area contributed by atoms with Crippen molar-refractivity contribution in [3.8, 4) is 0 Å². The molecule has 3 rings (SSSR count). The minimum Gasteiger partial charge on any atom is -0.466 e. The van der Waals surface area contributed by atoms with Gasteiger partial charge >= 0.3 is 5.97 Å². The number of hydrogen-bond donors (Lipinski definition) is 2. The molecule has 2 unspecified atom stereocenters. The first-order valence-corrected chi connectivity index (χ1v) is 10.9. The topological polar surface area (TPSA) is 105 Å². The van der Waals surface area contributed by atoms with Crippen LogP contribution in [0, 0.1) is 17.3 Å². The summed E-state index contributed by atoms with van der Waals surface area (Å²) < 4.78 is 11.5. The van der Waals surface area contributed by atoms with Crippen LogP contribution in [0.2, 0.25) is 0 Å². The fourth-order valence-electron chi connectivity index (χ4n) is 6.08. The fourth-order valence-corrected chi connectivity index (χ4v) is 6.08. The maximum absolute atomic E-state index is 13.5. The van der Waals surface area contributed by atoms with E-state index in [9.17, 15) is 19.5 Å². The Bertz CT molecular complexity index is 715. The van der Waals surface area contributed by atoms with Gasteiger partial charge in [-0.15, -0.1) is 0 Å². The molecule has 0 aliphatic carbocycles. The van der Waals surface area contributed by atoms with Crippen molar-refractivity contribution in [2.45, 2.75) is 84.1 Å². The van der Waals surface area contributed by atoms with E-state index in [1.165, 1.54) is 4.90 Å². The second kappa shape index (κ2) is 7.79. The summed E-state index contributed by atoms with van der Waals surface area (Å²) in [6.07, 6.45) is 1.48. The summed E-state index contributed by atoms with van der Waals surface area (Å²) in [5.74, 6) is -2.49. The molecule has 8 heteroatoms. The number of nitrogens with zero attached hydrogens (tertiary/aromatic N) is 1. The van der Waals surface area contributed by atoms with Crippen LogP contribution in [-0.2, 0) is 23.9 Å². The highest BCUT2D eigenvalue weighted by molar-refractivity contribution is 5.98. The van der Waals surface area contributed by atoms with Crippen molar-refractivity contribution in [3.05, 3.63) is 0 Å². The monoisotopic (exact) mass is 424 g/mol. The largest absolute Gasteiger partial charge is 0.466 e. The Kier molecular flexibility index (Phi) is 5.97. The summed E-state index contributed by atoms with van der Waals surface area (Å²) in [5.41, 5.74) is -1.53. The van der Waals surface area contributed by atoms with Crippen LogP contribution in [-0.4, -0.2) is 70.8 Å². The Morgan fingerprint density at radius 1 is 1.30 bits per heavy atom. The number of aliphatic hydroxyl groups excluding tert-OH is 1. The highest BCUT2D eigenvalue weighted by Crippen LogP contribution is 2.58. The highest BCUT2D eigenvalue weighted by Gasteiger charge is 2.74. The Morgan fingerprint density at radius 2 is 1.97 bits per heavy atom. The van der Waals surface area contributed by atoms with Crippen molar-refractivity contribution >= 4 is 17.8 Å². The van der Waals surface area contributed by atoms with Gasteiger partial charge in [-0.2, -0.15) is 0 Å². The van der Waals surface area contributed by atoms with Gasteiger partial charge in [0.15, 0.2) is 0 Å². The van der Waals surface area contributed by atoms with Gasteiger partial charge in [-0.1, -0.05) is 20.8 Å². The molecule has 0 aromatic rings. The maximum Gasteiger partial charge on any atom is 0.312 e. The van der Waals surface area contributed by atoms with E-state index < -0.39 is 41.1 Å². The molecular weight excluding hydrogens is 388 g/mol. The van der Waals surface area contributed by atoms with Crippen LogP contribution in [0.15, 0.2) is 0 Å². The van der Waals surface area contributed by atoms with Crippen LogP contribution in [0.4, 0.5) is 0 Å². The molecule has 0 saturated carbocycles. The molecule has 2 N–H and O–H groups in total. The van der Waals surface area contributed by atoms with Gasteiger partial charge in [0.2, 0.25) is 11.8 Å². The third kappa shape index (κ3) is 3.84. The predicted molar refractivity (Wildman–Crippen MR) is 109 cm³/mol. The summed E-state index contributed by atoms with van der Waals surface area (Å²) >= 11 is 0. The van der Waals surface area contributed by atoms with E-state index in [4.69, 9.17) is 9.47 Å². The minimum atomic E-state index is -1.05. The van der Waals surface area contributed by atoms with Crippen molar-refractivity contribution in [1.82, 2.24) is 10.2 Å². The molecule has 3 heterocycles. The summed E-state index contributed by atoms with van der Waals surface area (Å²) in [7, 11) is 0. The lowest BCUT2D eigenvalue weighted by Crippen LogP contribution is -2.59. The average Bonchev–Trinajstić information content (AvgIpc) is 3.21. The Hall–Kier alpha value is -1.67. The van der Waals surface area contributed by atoms with Crippen molar-refractivity contribution in [1.29, 1.82) is 0 Å².